The van der Waals surface area contributed by atoms with Gasteiger partial charge in [0.1, 0.15) is 0 Å². The zero-order chi connectivity index (χ0) is 32.4. The van der Waals surface area contributed by atoms with Crippen LogP contribution in [-0.4, -0.2) is 31.1 Å². The summed E-state index contributed by atoms with van der Waals surface area (Å²) in [5.41, 5.74) is 6.17. The maximum Gasteiger partial charge on any atom is 0.309 e. The van der Waals surface area contributed by atoms with Gasteiger partial charge in [0.15, 0.2) is 0 Å². The monoisotopic (exact) mass is 622 g/mol. The molecule has 0 aliphatic heterocycles. The molecule has 246 valence electrons. The molecule has 4 saturated carbocycles. The van der Waals surface area contributed by atoms with Crippen molar-refractivity contribution < 1.29 is 9.90 Å². The molecule has 5 aliphatic rings. The molecule has 3 aromatic rings. The van der Waals surface area contributed by atoms with Crippen molar-refractivity contribution in [2.45, 2.75) is 118 Å². The molecule has 4 fully saturated rings. The van der Waals surface area contributed by atoms with Crippen molar-refractivity contribution in [3.05, 3.63) is 59.6 Å². The van der Waals surface area contributed by atoms with Gasteiger partial charge in [-0.1, -0.05) is 70.2 Å². The van der Waals surface area contributed by atoms with E-state index in [1.807, 2.05) is 0 Å². The van der Waals surface area contributed by atoms with Crippen LogP contribution in [0.2, 0.25) is 0 Å². The molecule has 2 heterocycles. The van der Waals surface area contributed by atoms with Gasteiger partial charge in [0.2, 0.25) is 0 Å². The number of benzene rings is 1. The molecular weight excluding hydrogens is 568 g/mol. The van der Waals surface area contributed by atoms with Crippen LogP contribution in [0.4, 0.5) is 0 Å². The highest BCUT2D eigenvalue weighted by Gasteiger charge is 2.72. The first-order valence-electron chi connectivity index (χ1n) is 18.1. The highest BCUT2D eigenvalue weighted by Crippen LogP contribution is 2.77. The second-order valence-electron chi connectivity index (χ2n) is 17.8. The number of fused-ring (bicyclic) bond motifs is 9. The molecule has 9 atom stereocenters. The number of nitrogens with one attached hydrogen (secondary N) is 1. The predicted octanol–water partition coefficient (Wildman–Crippen LogP) is 8.76. The number of H-pyrrole nitrogens is 1. The highest BCUT2D eigenvalue weighted by molar-refractivity contribution is 5.83. The van der Waals surface area contributed by atoms with E-state index in [-0.39, 0.29) is 27.6 Å². The topological polar surface area (TPSA) is 83.8 Å². The number of aliphatic carboxylic acids is 1. The normalized spacial score (nSPS) is 40.8. The molecule has 0 bridgehead atoms. The summed E-state index contributed by atoms with van der Waals surface area (Å²) in [6.45, 7) is 20.2. The maximum atomic E-state index is 13.0. The number of carbonyl (C=O) groups is 1. The van der Waals surface area contributed by atoms with Gasteiger partial charge < -0.3 is 10.1 Å². The number of carboxylic acid groups (broad SMARTS) is 1. The molecular formula is C40H54N4O2. The summed E-state index contributed by atoms with van der Waals surface area (Å²) in [5.74, 6) is 1.61. The third-order valence-corrected chi connectivity index (χ3v) is 15.9. The average molecular weight is 623 g/mol. The molecule has 46 heavy (non-hydrogen) atoms. The number of allylic oxidation sites excluding steroid dienone is 1. The first kappa shape index (κ1) is 30.4. The Balaban J connectivity index is 1.12. The maximum absolute atomic E-state index is 13.0. The van der Waals surface area contributed by atoms with Crippen LogP contribution in [0.1, 0.15) is 110 Å². The molecule has 0 spiro atoms. The Kier molecular flexibility index (Phi) is 6.50. The van der Waals surface area contributed by atoms with Crippen LogP contribution in [-0.2, 0) is 29.6 Å². The van der Waals surface area contributed by atoms with E-state index >= 15 is 0 Å². The molecule has 6 nitrogen and oxygen atoms in total. The van der Waals surface area contributed by atoms with Gasteiger partial charge in [0, 0.05) is 29.1 Å². The molecule has 5 aliphatic carbocycles. The predicted molar refractivity (Wildman–Crippen MR) is 182 cm³/mol. The van der Waals surface area contributed by atoms with Crippen LogP contribution in [0.15, 0.2) is 42.6 Å². The van der Waals surface area contributed by atoms with Gasteiger partial charge in [0.25, 0.3) is 0 Å². The number of aromatic amines is 1. The number of carboxylic acids is 1. The SMILES string of the molecule is C=C(C)[C@@H]1CC[C@]2(C(=O)O)CC[C@]3(C)[C@H](CC[C@@H]4[C@@]5(C)Cc6nnn(CCc7c[nH]c8ccccc78)c6C(C)(C)[C@@H]5CC[C@]43C)[C@@H]12. The molecule has 0 amide bonds. The lowest BCUT2D eigenvalue weighted by molar-refractivity contribution is -0.228. The quantitative estimate of drug-likeness (QED) is 0.279. The molecule has 0 radical (unpaired) electrons. The second-order valence-corrected chi connectivity index (χ2v) is 17.8. The van der Waals surface area contributed by atoms with Crippen molar-refractivity contribution >= 4 is 16.9 Å². The molecule has 8 rings (SSSR count). The van der Waals surface area contributed by atoms with E-state index in [4.69, 9.17) is 10.3 Å². The zero-order valence-corrected chi connectivity index (χ0v) is 29.0. The van der Waals surface area contributed by atoms with Gasteiger partial charge in [-0.3, -0.25) is 4.79 Å². The van der Waals surface area contributed by atoms with Gasteiger partial charge in [-0.15, -0.1) is 5.10 Å². The summed E-state index contributed by atoms with van der Waals surface area (Å²) in [7, 11) is 0. The lowest BCUT2D eigenvalue weighted by Gasteiger charge is -2.72. The minimum atomic E-state index is -0.564. The van der Waals surface area contributed by atoms with Crippen molar-refractivity contribution in [3.8, 4) is 0 Å². The van der Waals surface area contributed by atoms with E-state index in [0.717, 1.165) is 51.5 Å². The average Bonchev–Trinajstić information content (AvgIpc) is 3.72. The number of aryl methyl sites for hydroxylation is 2. The molecule has 6 heteroatoms. The number of nitrogens with zero attached hydrogens (tertiary/aromatic N) is 3. The number of aromatic nitrogens is 4. The Bertz CT molecular complexity index is 1730. The number of hydrogen-bond acceptors (Lipinski definition) is 3. The standard InChI is InChI=1S/C40H54N4O2/c1-24(2)26-14-18-40(35(45)46)20-19-38(6)28(33(26)40)12-13-32-37(5)22-30-34(36(3,4)31(37)15-17-39(32,38)7)44(43-42-30)21-16-25-23-41-29-11-9-8-10-27(25)29/h8-11,23,26,28,31-33,41H,1,12-22H2,2-7H3,(H,45,46)/t26-,28+,31-,32+,33+,37-,38+,39+,40-/m0/s1. The van der Waals surface area contributed by atoms with Crippen molar-refractivity contribution in [2.75, 3.05) is 0 Å². The minimum absolute atomic E-state index is 0.0212. The van der Waals surface area contributed by atoms with Gasteiger partial charge >= 0.3 is 5.97 Å². The van der Waals surface area contributed by atoms with Crippen molar-refractivity contribution in [2.24, 2.45) is 51.2 Å². The zero-order valence-electron chi connectivity index (χ0n) is 29.0. The van der Waals surface area contributed by atoms with Crippen molar-refractivity contribution in [3.63, 3.8) is 0 Å². The fraction of sp³-hybridized carbons (Fsp3) is 0.675. The first-order valence-corrected chi connectivity index (χ1v) is 18.1. The summed E-state index contributed by atoms with van der Waals surface area (Å²) in [5, 5.41) is 21.8. The summed E-state index contributed by atoms with van der Waals surface area (Å²) in [4.78, 5) is 16.5. The fourth-order valence-corrected chi connectivity index (χ4v) is 13.7. The van der Waals surface area contributed by atoms with Gasteiger partial charge in [0.05, 0.1) is 16.8 Å². The van der Waals surface area contributed by atoms with E-state index < -0.39 is 11.4 Å². The third kappa shape index (κ3) is 3.73. The van der Waals surface area contributed by atoms with E-state index in [1.165, 1.54) is 52.7 Å². The Labute approximate surface area is 274 Å². The Morgan fingerprint density at radius 2 is 1.78 bits per heavy atom. The molecule has 0 saturated heterocycles. The van der Waals surface area contributed by atoms with Crippen LogP contribution in [0, 0.1) is 51.2 Å². The first-order chi connectivity index (χ1) is 21.8. The Hall–Kier alpha value is -2.89. The van der Waals surface area contributed by atoms with Crippen LogP contribution < -0.4 is 0 Å². The van der Waals surface area contributed by atoms with E-state index in [2.05, 4.69) is 88.2 Å². The third-order valence-electron chi connectivity index (χ3n) is 15.9. The summed E-state index contributed by atoms with van der Waals surface area (Å²) in [6.07, 6.45) is 12.6. The number of para-hydroxylation sites is 1. The number of hydrogen-bond donors (Lipinski definition) is 2. The van der Waals surface area contributed by atoms with Gasteiger partial charge in [-0.2, -0.15) is 0 Å². The molecule has 1 aromatic carbocycles. The fourth-order valence-electron chi connectivity index (χ4n) is 13.7. The van der Waals surface area contributed by atoms with Crippen LogP contribution >= 0.6 is 0 Å². The number of rotatable bonds is 5. The lowest BCUT2D eigenvalue weighted by Crippen LogP contribution is -2.67. The van der Waals surface area contributed by atoms with Crippen LogP contribution in [0.3, 0.4) is 0 Å². The summed E-state index contributed by atoms with van der Waals surface area (Å²) >= 11 is 0. The van der Waals surface area contributed by atoms with E-state index in [0.29, 0.717) is 23.7 Å². The minimum Gasteiger partial charge on any atom is -0.481 e. The smallest absolute Gasteiger partial charge is 0.309 e. The Morgan fingerprint density at radius 3 is 2.54 bits per heavy atom. The van der Waals surface area contributed by atoms with E-state index in [1.54, 1.807) is 0 Å². The van der Waals surface area contributed by atoms with Crippen LogP contribution in [0.25, 0.3) is 10.9 Å². The van der Waals surface area contributed by atoms with E-state index in [9.17, 15) is 9.90 Å². The summed E-state index contributed by atoms with van der Waals surface area (Å²) < 4.78 is 2.24. The van der Waals surface area contributed by atoms with Crippen molar-refractivity contribution in [1.82, 2.24) is 20.0 Å². The summed E-state index contributed by atoms with van der Waals surface area (Å²) in [6, 6.07) is 8.56. The van der Waals surface area contributed by atoms with Crippen LogP contribution in [0.5, 0.6) is 0 Å². The Morgan fingerprint density at radius 1 is 1.00 bits per heavy atom. The molecule has 2 N–H and O–H groups in total. The van der Waals surface area contributed by atoms with Gasteiger partial charge in [-0.25, -0.2) is 4.68 Å². The van der Waals surface area contributed by atoms with Gasteiger partial charge in [-0.05, 0) is 129 Å². The molecule has 0 unspecified atom stereocenters. The largest absolute Gasteiger partial charge is 0.481 e. The lowest BCUT2D eigenvalue weighted by atomic mass is 9.32. The highest BCUT2D eigenvalue weighted by atomic mass is 16.4. The van der Waals surface area contributed by atoms with Crippen molar-refractivity contribution in [1.29, 1.82) is 0 Å². The second kappa shape index (κ2) is 9.82. The molecule has 2 aromatic heterocycles.